The van der Waals surface area contributed by atoms with E-state index in [4.69, 9.17) is 14.2 Å². The van der Waals surface area contributed by atoms with Crippen molar-refractivity contribution in [3.05, 3.63) is 24.0 Å². The Balaban J connectivity index is 1.28. The molecule has 1 saturated heterocycles. The SMILES string of the molecule is C=C1C=C([C@H]2CC[C@]3(O)[C@@H]4CC[C@]5(O)C[C@@H](O[C@@H]6O[C@@H](C)[C@H](O)[C@@H](O)[C@H]6O)C[C@@H](O)[C@]5(CO)[C@H]4[C@H](O)C[C@]23C)CO1. The first-order chi connectivity index (χ1) is 19.2. The van der Waals surface area contributed by atoms with Crippen molar-refractivity contribution in [3.8, 4) is 0 Å². The fourth-order valence-corrected chi connectivity index (χ4v) is 10.2. The van der Waals surface area contributed by atoms with Crippen molar-refractivity contribution in [1.82, 2.24) is 0 Å². The molecule has 0 aromatic rings. The third kappa shape index (κ3) is 4.01. The highest BCUT2D eigenvalue weighted by atomic mass is 16.7. The summed E-state index contributed by atoms with van der Waals surface area (Å²) < 4.78 is 17.2. The maximum Gasteiger partial charge on any atom is 0.186 e. The Hall–Kier alpha value is -1.12. The van der Waals surface area contributed by atoms with Crippen LogP contribution in [0, 0.1) is 28.6 Å². The molecule has 11 heteroatoms. The normalized spacial score (nSPS) is 56.9. The summed E-state index contributed by atoms with van der Waals surface area (Å²) in [6.45, 7) is 7.27. The van der Waals surface area contributed by atoms with E-state index >= 15 is 0 Å². The molecule has 2 heterocycles. The smallest absolute Gasteiger partial charge is 0.186 e. The van der Waals surface area contributed by atoms with Gasteiger partial charge in [0.1, 0.15) is 30.7 Å². The summed E-state index contributed by atoms with van der Waals surface area (Å²) in [7, 11) is 0. The molecule has 0 aromatic carbocycles. The van der Waals surface area contributed by atoms with Gasteiger partial charge in [-0.2, -0.15) is 0 Å². The highest BCUT2D eigenvalue weighted by Gasteiger charge is 2.75. The van der Waals surface area contributed by atoms with Crippen LogP contribution in [0.5, 0.6) is 0 Å². The van der Waals surface area contributed by atoms with Crippen LogP contribution in [0.15, 0.2) is 24.0 Å². The number of aliphatic hydroxyl groups is 8. The Morgan fingerprint density at radius 2 is 1.76 bits per heavy atom. The van der Waals surface area contributed by atoms with Crippen LogP contribution in [0.25, 0.3) is 0 Å². The number of rotatable bonds is 4. The summed E-state index contributed by atoms with van der Waals surface area (Å²) in [6, 6.07) is 0. The lowest BCUT2D eigenvalue weighted by atomic mass is 9.40. The van der Waals surface area contributed by atoms with Crippen molar-refractivity contribution < 1.29 is 55.1 Å². The van der Waals surface area contributed by atoms with Crippen LogP contribution in [0.2, 0.25) is 0 Å². The van der Waals surface area contributed by atoms with Gasteiger partial charge in [0.25, 0.3) is 0 Å². The van der Waals surface area contributed by atoms with E-state index in [0.717, 1.165) is 5.57 Å². The van der Waals surface area contributed by atoms with E-state index in [2.05, 4.69) is 6.58 Å². The number of aliphatic hydroxyl groups excluding tert-OH is 6. The number of allylic oxidation sites excluding steroid dienone is 1. The monoisotopic (exact) mass is 582 g/mol. The number of fused-ring (bicyclic) bond motifs is 5. The van der Waals surface area contributed by atoms with Crippen LogP contribution in [0.4, 0.5) is 0 Å². The molecule has 0 amide bonds. The zero-order valence-corrected chi connectivity index (χ0v) is 23.8. The van der Waals surface area contributed by atoms with Crippen molar-refractivity contribution >= 4 is 0 Å². The summed E-state index contributed by atoms with van der Waals surface area (Å²) in [4.78, 5) is 0. The second kappa shape index (κ2) is 9.95. The molecule has 0 unspecified atom stereocenters. The van der Waals surface area contributed by atoms with Gasteiger partial charge in [0, 0.05) is 24.2 Å². The van der Waals surface area contributed by atoms with Crippen LogP contribution in [0.3, 0.4) is 0 Å². The van der Waals surface area contributed by atoms with E-state index in [1.807, 2.05) is 13.0 Å². The first kappa shape index (κ1) is 29.9. The highest BCUT2D eigenvalue weighted by molar-refractivity contribution is 5.32. The zero-order chi connectivity index (χ0) is 29.7. The third-order valence-corrected chi connectivity index (χ3v) is 12.3. The van der Waals surface area contributed by atoms with Gasteiger partial charge in [0.05, 0.1) is 47.6 Å². The van der Waals surface area contributed by atoms with Gasteiger partial charge in [0.2, 0.25) is 0 Å². The molecule has 0 aromatic heterocycles. The van der Waals surface area contributed by atoms with Crippen molar-refractivity contribution in [3.63, 3.8) is 0 Å². The summed E-state index contributed by atoms with van der Waals surface area (Å²) in [5.41, 5.74) is -3.95. The molecule has 4 aliphatic carbocycles. The summed E-state index contributed by atoms with van der Waals surface area (Å²) in [5.74, 6) is -0.659. The quantitative estimate of drug-likeness (QED) is 0.199. The van der Waals surface area contributed by atoms with E-state index in [1.54, 1.807) is 6.92 Å². The topological polar surface area (TPSA) is 190 Å². The molecule has 6 aliphatic rings. The van der Waals surface area contributed by atoms with Crippen LogP contribution < -0.4 is 0 Å². The molecule has 0 spiro atoms. The molecule has 0 bridgehead atoms. The Morgan fingerprint density at radius 1 is 1.02 bits per heavy atom. The molecule has 6 rings (SSSR count). The molecule has 11 nitrogen and oxygen atoms in total. The average Bonchev–Trinajstić information content (AvgIpc) is 3.45. The molecule has 41 heavy (non-hydrogen) atoms. The van der Waals surface area contributed by atoms with E-state index in [0.29, 0.717) is 31.6 Å². The third-order valence-electron chi connectivity index (χ3n) is 12.3. The van der Waals surface area contributed by atoms with E-state index in [9.17, 15) is 40.9 Å². The Morgan fingerprint density at radius 3 is 2.41 bits per heavy atom. The van der Waals surface area contributed by atoms with Crippen molar-refractivity contribution in [2.45, 2.75) is 119 Å². The highest BCUT2D eigenvalue weighted by Crippen LogP contribution is 2.70. The van der Waals surface area contributed by atoms with Gasteiger partial charge in [-0.05, 0) is 62.5 Å². The Labute approximate surface area is 240 Å². The van der Waals surface area contributed by atoms with Gasteiger partial charge in [-0.3, -0.25) is 0 Å². The van der Waals surface area contributed by atoms with Crippen molar-refractivity contribution in [2.24, 2.45) is 28.6 Å². The minimum absolute atomic E-state index is 0.00910. The summed E-state index contributed by atoms with van der Waals surface area (Å²) >= 11 is 0. The Kier molecular flexibility index (Phi) is 7.26. The van der Waals surface area contributed by atoms with Crippen molar-refractivity contribution in [2.75, 3.05) is 13.2 Å². The molecule has 8 N–H and O–H groups in total. The van der Waals surface area contributed by atoms with Gasteiger partial charge >= 0.3 is 0 Å². The van der Waals surface area contributed by atoms with Crippen molar-refractivity contribution in [1.29, 1.82) is 0 Å². The molecular weight excluding hydrogens is 536 g/mol. The fourth-order valence-electron chi connectivity index (χ4n) is 10.2. The minimum atomic E-state index is -1.64. The van der Waals surface area contributed by atoms with Crippen LogP contribution in [-0.2, 0) is 14.2 Å². The lowest BCUT2D eigenvalue weighted by molar-refractivity contribution is -0.342. The van der Waals surface area contributed by atoms with Crippen LogP contribution in [0.1, 0.15) is 58.8 Å². The van der Waals surface area contributed by atoms with Gasteiger partial charge < -0.3 is 55.1 Å². The zero-order valence-electron chi connectivity index (χ0n) is 23.8. The number of ether oxygens (including phenoxy) is 3. The second-order valence-corrected chi connectivity index (χ2v) is 14.0. The van der Waals surface area contributed by atoms with E-state index in [1.165, 1.54) is 0 Å². The molecule has 4 saturated carbocycles. The minimum Gasteiger partial charge on any atom is -0.490 e. The average molecular weight is 583 g/mol. The van der Waals surface area contributed by atoms with Gasteiger partial charge in [0.15, 0.2) is 6.29 Å². The number of hydrogen-bond acceptors (Lipinski definition) is 11. The fraction of sp³-hybridized carbons (Fsp3) is 0.867. The number of hydrogen-bond donors (Lipinski definition) is 8. The lowest BCUT2D eigenvalue weighted by Crippen LogP contribution is -2.76. The largest absolute Gasteiger partial charge is 0.490 e. The van der Waals surface area contributed by atoms with Crippen LogP contribution in [-0.4, -0.2) is 114 Å². The predicted molar refractivity (Wildman–Crippen MR) is 143 cm³/mol. The molecule has 5 fully saturated rings. The Bertz CT molecular complexity index is 1080. The molecule has 232 valence electrons. The predicted octanol–water partition coefficient (Wildman–Crippen LogP) is -0.528. The first-order valence-electron chi connectivity index (χ1n) is 15.0. The van der Waals surface area contributed by atoms with Gasteiger partial charge in [-0.15, -0.1) is 0 Å². The van der Waals surface area contributed by atoms with E-state index < -0.39 is 89.5 Å². The first-order valence-corrected chi connectivity index (χ1v) is 15.0. The summed E-state index contributed by atoms with van der Waals surface area (Å²) in [6.07, 6.45) is -5.62. The molecule has 0 radical (unpaired) electrons. The lowest BCUT2D eigenvalue weighted by Gasteiger charge is -2.68. The standard InChI is InChI=1S/C30H46O11/c1-14-8-16(12-39-14)18-5-7-30(38)19-4-6-28(37)10-17(41-26-25(36)24(35)23(34)15(2)40-26)9-21(33)29(28,13-31)22(19)20(32)11-27(18,30)3/h8,15,17-26,31-38H,1,4-7,9-13H2,2-3H3/t15-,17-,18+,19+,20+,21+,22+,23-,24+,25+,26-,27+,28-,29+,30-/m0/s1. The maximum absolute atomic E-state index is 12.5. The molecular formula is C30H46O11. The van der Waals surface area contributed by atoms with Gasteiger partial charge in [-0.25, -0.2) is 0 Å². The van der Waals surface area contributed by atoms with Crippen LogP contribution >= 0.6 is 0 Å². The van der Waals surface area contributed by atoms with Gasteiger partial charge in [-0.1, -0.05) is 13.5 Å². The molecule has 2 aliphatic heterocycles. The second-order valence-electron chi connectivity index (χ2n) is 14.0. The summed E-state index contributed by atoms with van der Waals surface area (Å²) in [5, 5.41) is 89.8. The van der Waals surface area contributed by atoms with E-state index in [-0.39, 0.29) is 31.6 Å². The molecule has 15 atom stereocenters. The maximum atomic E-state index is 12.5.